The number of hydrogen-bond donors (Lipinski definition) is 2. The average Bonchev–Trinajstić information content (AvgIpc) is 3.20. The molecule has 0 amide bonds. The van der Waals surface area contributed by atoms with E-state index in [0.717, 1.165) is 55.0 Å². The van der Waals surface area contributed by atoms with Crippen LogP contribution in [0, 0.1) is 18.8 Å². The van der Waals surface area contributed by atoms with Gasteiger partial charge in [0.2, 0.25) is 0 Å². The molecule has 1 fully saturated rings. The minimum absolute atomic E-state index is 0.0158. The van der Waals surface area contributed by atoms with E-state index >= 15 is 0 Å². The van der Waals surface area contributed by atoms with Crippen LogP contribution in [0.15, 0.2) is 35.3 Å². The van der Waals surface area contributed by atoms with Crippen LogP contribution in [0.1, 0.15) is 32.3 Å². The van der Waals surface area contributed by atoms with Crippen LogP contribution in [0.25, 0.3) is 22.4 Å². The third-order valence-corrected chi connectivity index (χ3v) is 6.79. The summed E-state index contributed by atoms with van der Waals surface area (Å²) in [6.07, 6.45) is 3.83. The van der Waals surface area contributed by atoms with E-state index in [-0.39, 0.29) is 11.5 Å². The minimum Gasteiger partial charge on any atom is -0.492 e. The Kier molecular flexibility index (Phi) is 8.11. The molecule has 1 aromatic carbocycles. The molecular formula is C27H36N4O5. The number of benzene rings is 1. The zero-order chi connectivity index (χ0) is 25.8. The van der Waals surface area contributed by atoms with Crippen LogP contribution in [0.2, 0.25) is 0 Å². The third-order valence-electron chi connectivity index (χ3n) is 6.79. The summed E-state index contributed by atoms with van der Waals surface area (Å²) >= 11 is 0. The van der Waals surface area contributed by atoms with Gasteiger partial charge in [0.25, 0.3) is 5.56 Å². The van der Waals surface area contributed by atoms with Gasteiger partial charge in [0.15, 0.2) is 0 Å². The fourth-order valence-corrected chi connectivity index (χ4v) is 4.78. The first-order valence-electron chi connectivity index (χ1n) is 12.6. The smallest absolute Gasteiger partial charge is 0.320 e. The van der Waals surface area contributed by atoms with Crippen molar-refractivity contribution >= 4 is 17.0 Å². The standard InChI is InChI=1S/C27H36N4O5/c1-17(2)24(27(33)34)28-9-12-36-21-5-6-22-23(14-21)31(15-19-7-10-35-11-8-19)25(29-22)20-13-18(3)26(32)30(4)16-20/h5-6,13-14,16-17,19,24,28H,7-12,15H2,1-4H3,(H,33,34)/t24-/m0/s1. The molecule has 1 saturated heterocycles. The first kappa shape index (κ1) is 25.9. The molecule has 36 heavy (non-hydrogen) atoms. The van der Waals surface area contributed by atoms with Gasteiger partial charge in [0.1, 0.15) is 24.2 Å². The van der Waals surface area contributed by atoms with Crippen molar-refractivity contribution in [2.75, 3.05) is 26.4 Å². The Labute approximate surface area is 211 Å². The molecule has 3 heterocycles. The molecule has 0 aliphatic carbocycles. The minimum atomic E-state index is -0.857. The number of nitrogens with zero attached hydrogens (tertiary/aromatic N) is 3. The Morgan fingerprint density at radius 3 is 2.69 bits per heavy atom. The summed E-state index contributed by atoms with van der Waals surface area (Å²) in [6.45, 7) is 8.69. The number of imidazole rings is 1. The summed E-state index contributed by atoms with van der Waals surface area (Å²) in [7, 11) is 1.76. The van der Waals surface area contributed by atoms with E-state index in [1.807, 2.05) is 51.2 Å². The van der Waals surface area contributed by atoms with Crippen molar-refractivity contribution in [1.82, 2.24) is 19.4 Å². The summed E-state index contributed by atoms with van der Waals surface area (Å²) in [5.41, 5.74) is 3.40. The topological polar surface area (TPSA) is 108 Å². The Hall–Kier alpha value is -3.17. The van der Waals surface area contributed by atoms with Gasteiger partial charge in [0, 0.05) is 56.7 Å². The molecule has 0 unspecified atom stereocenters. The lowest BCUT2D eigenvalue weighted by molar-refractivity contribution is -0.140. The second kappa shape index (κ2) is 11.3. The molecule has 0 saturated carbocycles. The highest BCUT2D eigenvalue weighted by Gasteiger charge is 2.22. The Balaban J connectivity index is 1.62. The fourth-order valence-electron chi connectivity index (χ4n) is 4.78. The highest BCUT2D eigenvalue weighted by Crippen LogP contribution is 2.30. The Morgan fingerprint density at radius 1 is 1.28 bits per heavy atom. The molecule has 0 spiro atoms. The van der Waals surface area contributed by atoms with Crippen molar-refractivity contribution in [3.8, 4) is 17.1 Å². The van der Waals surface area contributed by atoms with Crippen molar-refractivity contribution in [3.63, 3.8) is 0 Å². The number of ether oxygens (including phenoxy) is 2. The van der Waals surface area contributed by atoms with E-state index in [2.05, 4.69) is 9.88 Å². The molecule has 4 rings (SSSR count). The van der Waals surface area contributed by atoms with Gasteiger partial charge in [-0.2, -0.15) is 0 Å². The van der Waals surface area contributed by atoms with Crippen LogP contribution in [0.3, 0.4) is 0 Å². The van der Waals surface area contributed by atoms with Crippen LogP contribution in [0.5, 0.6) is 5.75 Å². The number of aryl methyl sites for hydroxylation is 2. The SMILES string of the molecule is Cc1cc(-c2nc3ccc(OCCN[C@H](C(=O)O)C(C)C)cc3n2CC2CCOCC2)cn(C)c1=O. The predicted octanol–water partition coefficient (Wildman–Crippen LogP) is 3.21. The lowest BCUT2D eigenvalue weighted by atomic mass is 10.00. The van der Waals surface area contributed by atoms with E-state index in [1.54, 1.807) is 11.6 Å². The molecule has 194 valence electrons. The van der Waals surface area contributed by atoms with Crippen LogP contribution in [0.4, 0.5) is 0 Å². The van der Waals surface area contributed by atoms with Crippen LogP contribution in [-0.2, 0) is 23.1 Å². The zero-order valence-electron chi connectivity index (χ0n) is 21.5. The summed E-state index contributed by atoms with van der Waals surface area (Å²) < 4.78 is 15.4. The maximum absolute atomic E-state index is 12.3. The summed E-state index contributed by atoms with van der Waals surface area (Å²) in [5.74, 6) is 1.14. The number of aliphatic carboxylic acids is 1. The van der Waals surface area contributed by atoms with Crippen LogP contribution < -0.4 is 15.6 Å². The lowest BCUT2D eigenvalue weighted by Crippen LogP contribution is -2.42. The molecule has 9 heteroatoms. The second-order valence-electron chi connectivity index (χ2n) is 9.94. The van der Waals surface area contributed by atoms with E-state index < -0.39 is 12.0 Å². The van der Waals surface area contributed by atoms with Gasteiger partial charge in [0.05, 0.1) is 11.0 Å². The number of rotatable bonds is 10. The molecule has 2 N–H and O–H groups in total. The Morgan fingerprint density at radius 2 is 2.03 bits per heavy atom. The van der Waals surface area contributed by atoms with Crippen molar-refractivity contribution in [2.24, 2.45) is 18.9 Å². The summed E-state index contributed by atoms with van der Waals surface area (Å²) in [5, 5.41) is 12.4. The van der Waals surface area contributed by atoms with E-state index in [9.17, 15) is 14.7 Å². The number of hydrogen-bond acceptors (Lipinski definition) is 6. The van der Waals surface area contributed by atoms with Crippen LogP contribution in [-0.4, -0.2) is 57.6 Å². The number of fused-ring (bicyclic) bond motifs is 1. The molecule has 1 aliphatic heterocycles. The van der Waals surface area contributed by atoms with Gasteiger partial charge in [-0.1, -0.05) is 13.8 Å². The van der Waals surface area contributed by atoms with E-state index in [1.165, 1.54) is 0 Å². The van der Waals surface area contributed by atoms with Crippen molar-refractivity contribution < 1.29 is 19.4 Å². The summed E-state index contributed by atoms with van der Waals surface area (Å²) in [6, 6.07) is 7.13. The number of aromatic nitrogens is 3. The highest BCUT2D eigenvalue weighted by atomic mass is 16.5. The molecule has 0 bridgehead atoms. The fraction of sp³-hybridized carbons (Fsp3) is 0.519. The number of nitrogens with one attached hydrogen (secondary N) is 1. The molecule has 1 atom stereocenters. The van der Waals surface area contributed by atoms with Gasteiger partial charge in [-0.3, -0.25) is 9.59 Å². The first-order valence-corrected chi connectivity index (χ1v) is 12.6. The maximum atomic E-state index is 12.3. The van der Waals surface area contributed by atoms with Gasteiger partial charge >= 0.3 is 5.97 Å². The van der Waals surface area contributed by atoms with Gasteiger partial charge in [-0.05, 0) is 49.8 Å². The second-order valence-corrected chi connectivity index (χ2v) is 9.94. The summed E-state index contributed by atoms with van der Waals surface area (Å²) in [4.78, 5) is 28.6. The number of pyridine rings is 1. The van der Waals surface area contributed by atoms with E-state index in [0.29, 0.717) is 30.4 Å². The Bertz CT molecular complexity index is 1250. The quantitative estimate of drug-likeness (QED) is 0.415. The number of carbonyl (C=O) groups is 1. The molecule has 0 radical (unpaired) electrons. The van der Waals surface area contributed by atoms with Crippen molar-refractivity contribution in [2.45, 2.75) is 46.2 Å². The van der Waals surface area contributed by atoms with Gasteiger partial charge in [-0.25, -0.2) is 4.98 Å². The maximum Gasteiger partial charge on any atom is 0.320 e. The van der Waals surface area contributed by atoms with Crippen molar-refractivity contribution in [3.05, 3.63) is 46.4 Å². The number of carboxylic acid groups (broad SMARTS) is 1. The zero-order valence-corrected chi connectivity index (χ0v) is 21.5. The molecule has 2 aromatic heterocycles. The monoisotopic (exact) mass is 496 g/mol. The molecule has 1 aliphatic rings. The molecular weight excluding hydrogens is 460 g/mol. The number of carboxylic acids is 1. The largest absolute Gasteiger partial charge is 0.492 e. The highest BCUT2D eigenvalue weighted by molar-refractivity contribution is 5.82. The normalized spacial score (nSPS) is 15.5. The average molecular weight is 497 g/mol. The predicted molar refractivity (Wildman–Crippen MR) is 138 cm³/mol. The molecule has 9 nitrogen and oxygen atoms in total. The lowest BCUT2D eigenvalue weighted by Gasteiger charge is -2.23. The van der Waals surface area contributed by atoms with Gasteiger partial charge < -0.3 is 29.0 Å². The third kappa shape index (κ3) is 5.79. The van der Waals surface area contributed by atoms with Crippen LogP contribution >= 0.6 is 0 Å². The van der Waals surface area contributed by atoms with E-state index in [4.69, 9.17) is 14.5 Å². The molecule has 3 aromatic rings. The first-order chi connectivity index (χ1) is 17.2. The van der Waals surface area contributed by atoms with Crippen molar-refractivity contribution in [1.29, 1.82) is 0 Å². The van der Waals surface area contributed by atoms with Gasteiger partial charge in [-0.15, -0.1) is 0 Å².